The molecule has 7 heteroatoms. The van der Waals surface area contributed by atoms with E-state index in [0.717, 1.165) is 29.1 Å². The first-order valence-electron chi connectivity index (χ1n) is 9.27. The fourth-order valence-electron chi connectivity index (χ4n) is 3.09. The van der Waals surface area contributed by atoms with Crippen molar-refractivity contribution in [2.75, 3.05) is 7.05 Å². The van der Waals surface area contributed by atoms with Crippen LogP contribution in [0.2, 0.25) is 0 Å². The van der Waals surface area contributed by atoms with Crippen LogP contribution in [-0.4, -0.2) is 26.7 Å². The lowest BCUT2D eigenvalue weighted by molar-refractivity contribution is 0.433. The first kappa shape index (κ1) is 18.8. The topological polar surface area (TPSA) is 85.8 Å². The van der Waals surface area contributed by atoms with Gasteiger partial charge in [-0.05, 0) is 25.6 Å². The molecule has 0 bridgehead atoms. The molecule has 4 rings (SSSR count). The number of aromatic nitrogens is 4. The van der Waals surface area contributed by atoms with Gasteiger partial charge >= 0.3 is 0 Å². The predicted octanol–water partition coefficient (Wildman–Crippen LogP) is 3.44. The molecule has 7 nitrogen and oxygen atoms in total. The van der Waals surface area contributed by atoms with Gasteiger partial charge in [0.05, 0.1) is 17.6 Å². The van der Waals surface area contributed by atoms with Crippen molar-refractivity contribution in [2.45, 2.75) is 13.5 Å². The number of nitrogens with one attached hydrogen (secondary N) is 1. The van der Waals surface area contributed by atoms with E-state index >= 15 is 0 Å². The van der Waals surface area contributed by atoms with Crippen molar-refractivity contribution in [1.82, 2.24) is 25.0 Å². The lowest BCUT2D eigenvalue weighted by atomic mass is 10.1. The summed E-state index contributed by atoms with van der Waals surface area (Å²) in [6, 6.07) is 13.3. The standard InChI is InChI=1S/C22H21N5O2.H2/c1-14-22(25-19(12-24-14)17-8-9-21(28)27(3)13-17)20-10-18(26-29-20)16-6-4-15(5-7-16)11-23-2;/h4-10,12-13,23H,11H2,1-3H3;1H. The van der Waals surface area contributed by atoms with E-state index in [2.05, 4.69) is 27.6 Å². The van der Waals surface area contributed by atoms with Crippen molar-refractivity contribution in [1.29, 1.82) is 0 Å². The van der Waals surface area contributed by atoms with E-state index in [1.165, 1.54) is 16.2 Å². The summed E-state index contributed by atoms with van der Waals surface area (Å²) in [5.74, 6) is 0.552. The third-order valence-corrected chi connectivity index (χ3v) is 4.71. The van der Waals surface area contributed by atoms with E-state index in [1.54, 1.807) is 25.5 Å². The highest BCUT2D eigenvalue weighted by molar-refractivity contribution is 5.68. The molecule has 3 aromatic heterocycles. The molecule has 1 N–H and O–H groups in total. The maximum Gasteiger partial charge on any atom is 0.250 e. The molecule has 3 heterocycles. The molecule has 0 saturated heterocycles. The zero-order valence-corrected chi connectivity index (χ0v) is 16.5. The lowest BCUT2D eigenvalue weighted by Crippen LogP contribution is -2.14. The molecule has 29 heavy (non-hydrogen) atoms. The van der Waals surface area contributed by atoms with E-state index in [-0.39, 0.29) is 6.99 Å². The average Bonchev–Trinajstić information content (AvgIpc) is 3.21. The van der Waals surface area contributed by atoms with E-state index in [9.17, 15) is 4.79 Å². The number of nitrogens with zero attached hydrogens (tertiary/aromatic N) is 4. The number of rotatable bonds is 5. The highest BCUT2D eigenvalue weighted by Crippen LogP contribution is 2.28. The van der Waals surface area contributed by atoms with Gasteiger partial charge in [0.2, 0.25) is 5.56 Å². The Morgan fingerprint density at radius 3 is 2.59 bits per heavy atom. The summed E-state index contributed by atoms with van der Waals surface area (Å²) in [4.78, 5) is 20.8. The molecule has 0 fully saturated rings. The van der Waals surface area contributed by atoms with E-state index in [4.69, 9.17) is 9.51 Å². The van der Waals surface area contributed by atoms with Crippen LogP contribution in [0.3, 0.4) is 0 Å². The van der Waals surface area contributed by atoms with Crippen LogP contribution in [0, 0.1) is 6.92 Å². The monoisotopic (exact) mass is 389 g/mol. The molecule has 0 amide bonds. The molecule has 0 aliphatic rings. The van der Waals surface area contributed by atoms with Crippen LogP contribution in [0.4, 0.5) is 0 Å². The number of benzene rings is 1. The maximum absolute atomic E-state index is 11.6. The van der Waals surface area contributed by atoms with Gasteiger partial charge in [-0.1, -0.05) is 29.4 Å². The molecule has 4 aromatic rings. The number of hydrogen-bond acceptors (Lipinski definition) is 6. The zero-order chi connectivity index (χ0) is 20.4. The first-order chi connectivity index (χ1) is 14.0. The van der Waals surface area contributed by atoms with Crippen molar-refractivity contribution in [3.63, 3.8) is 0 Å². The fourth-order valence-corrected chi connectivity index (χ4v) is 3.09. The third-order valence-electron chi connectivity index (χ3n) is 4.71. The van der Waals surface area contributed by atoms with Crippen LogP contribution in [0.15, 0.2) is 64.2 Å². The Morgan fingerprint density at radius 1 is 1.10 bits per heavy atom. The minimum atomic E-state index is -0.0744. The van der Waals surface area contributed by atoms with Crippen molar-refractivity contribution < 1.29 is 5.95 Å². The Hall–Kier alpha value is -3.58. The van der Waals surface area contributed by atoms with Gasteiger partial charge in [0.1, 0.15) is 11.4 Å². The lowest BCUT2D eigenvalue weighted by Gasteiger charge is -2.06. The smallest absolute Gasteiger partial charge is 0.250 e. The molecule has 0 atom stereocenters. The molecule has 0 aliphatic carbocycles. The second-order valence-corrected chi connectivity index (χ2v) is 6.86. The summed E-state index contributed by atoms with van der Waals surface area (Å²) in [5, 5.41) is 7.34. The second-order valence-electron chi connectivity index (χ2n) is 6.86. The summed E-state index contributed by atoms with van der Waals surface area (Å²) in [6.07, 6.45) is 3.43. The van der Waals surface area contributed by atoms with Gasteiger partial charge < -0.3 is 14.4 Å². The zero-order valence-electron chi connectivity index (χ0n) is 16.5. The Kier molecular flexibility index (Phi) is 5.05. The molecule has 0 radical (unpaired) electrons. The number of pyridine rings is 1. The van der Waals surface area contributed by atoms with Gasteiger partial charge in [-0.3, -0.25) is 9.78 Å². The summed E-state index contributed by atoms with van der Waals surface area (Å²) in [7, 11) is 3.63. The molecule has 0 saturated carbocycles. The Bertz CT molecular complexity index is 1210. The van der Waals surface area contributed by atoms with Crippen molar-refractivity contribution >= 4 is 0 Å². The van der Waals surface area contributed by atoms with Gasteiger partial charge in [0, 0.05) is 44.5 Å². The Balaban J connectivity index is 0.00000256. The summed E-state index contributed by atoms with van der Waals surface area (Å²) in [6.45, 7) is 2.69. The Morgan fingerprint density at radius 2 is 1.86 bits per heavy atom. The van der Waals surface area contributed by atoms with E-state index in [1.807, 2.05) is 32.2 Å². The van der Waals surface area contributed by atoms with Crippen LogP contribution < -0.4 is 10.9 Å². The van der Waals surface area contributed by atoms with Gasteiger partial charge in [0.15, 0.2) is 5.76 Å². The molecular formula is C22H23N5O2. The fraction of sp³-hybridized carbons (Fsp3) is 0.182. The van der Waals surface area contributed by atoms with Crippen LogP contribution >= 0.6 is 0 Å². The highest BCUT2D eigenvalue weighted by Gasteiger charge is 2.15. The number of aryl methyl sites for hydroxylation is 2. The van der Waals surface area contributed by atoms with Crippen LogP contribution in [0.1, 0.15) is 12.7 Å². The normalized spacial score (nSPS) is 11.0. The summed E-state index contributed by atoms with van der Waals surface area (Å²) >= 11 is 0. The van der Waals surface area contributed by atoms with Crippen LogP contribution in [0.25, 0.3) is 34.0 Å². The van der Waals surface area contributed by atoms with Gasteiger partial charge in [-0.15, -0.1) is 0 Å². The predicted molar refractivity (Wildman–Crippen MR) is 113 cm³/mol. The quantitative estimate of drug-likeness (QED) is 0.563. The molecular weight excluding hydrogens is 366 g/mol. The molecule has 148 valence electrons. The van der Waals surface area contributed by atoms with Gasteiger partial charge in [-0.2, -0.15) is 0 Å². The number of hydrogen-bond donors (Lipinski definition) is 1. The molecule has 0 unspecified atom stereocenters. The van der Waals surface area contributed by atoms with Crippen molar-refractivity contribution in [3.05, 3.63) is 76.5 Å². The minimum Gasteiger partial charge on any atom is -0.354 e. The van der Waals surface area contributed by atoms with Crippen molar-refractivity contribution in [3.8, 4) is 34.0 Å². The molecule has 0 aliphatic heterocycles. The van der Waals surface area contributed by atoms with Crippen molar-refractivity contribution in [2.24, 2.45) is 7.05 Å². The van der Waals surface area contributed by atoms with Gasteiger partial charge in [-0.25, -0.2) is 4.98 Å². The SMILES string of the molecule is CNCc1ccc(-c2cc(-c3nc(-c4ccc(=O)n(C)c4)cnc3C)on2)cc1.[HH]. The highest BCUT2D eigenvalue weighted by atomic mass is 16.5. The summed E-state index contributed by atoms with van der Waals surface area (Å²) < 4.78 is 7.09. The van der Waals surface area contributed by atoms with Gasteiger partial charge in [0.25, 0.3) is 0 Å². The largest absolute Gasteiger partial charge is 0.354 e. The summed E-state index contributed by atoms with van der Waals surface area (Å²) in [5.41, 5.74) is 5.68. The van der Waals surface area contributed by atoms with E-state index < -0.39 is 0 Å². The van der Waals surface area contributed by atoms with E-state index in [0.29, 0.717) is 17.1 Å². The van der Waals surface area contributed by atoms with Crippen LogP contribution in [0.5, 0.6) is 0 Å². The maximum atomic E-state index is 11.6. The first-order valence-corrected chi connectivity index (χ1v) is 9.27. The second kappa shape index (κ2) is 7.81. The Labute approximate surface area is 169 Å². The van der Waals surface area contributed by atoms with Crippen LogP contribution in [-0.2, 0) is 13.6 Å². The minimum absolute atomic E-state index is 0. The third kappa shape index (κ3) is 3.86. The average molecular weight is 389 g/mol. The molecule has 1 aromatic carbocycles. The molecule has 0 spiro atoms.